The lowest BCUT2D eigenvalue weighted by Gasteiger charge is -2.12. The largest absolute Gasteiger partial charge is 0.495 e. The summed E-state index contributed by atoms with van der Waals surface area (Å²) < 4.78 is 18.5. The fraction of sp³-hybridized carbons (Fsp3) is 0.0588. The average Bonchev–Trinajstić information content (AvgIpc) is 2.59. The van der Waals surface area contributed by atoms with Gasteiger partial charge in [0.15, 0.2) is 0 Å². The molecule has 0 saturated carbocycles. The Hall–Kier alpha value is -2.57. The van der Waals surface area contributed by atoms with Crippen molar-refractivity contribution in [2.24, 2.45) is 0 Å². The van der Waals surface area contributed by atoms with Crippen molar-refractivity contribution in [3.8, 4) is 5.75 Å². The molecule has 3 rings (SSSR count). The van der Waals surface area contributed by atoms with Gasteiger partial charge in [0, 0.05) is 16.9 Å². The van der Waals surface area contributed by atoms with E-state index in [1.54, 1.807) is 43.6 Å². The molecule has 0 spiro atoms. The standard InChI is InChI=1S/C17H13Cl2FN4O/c1-25-15-5-2-10(18)8-14(15)23-16-6-7-21-17(24-16)22-11-3-4-13(20)12(19)9-11/h2-9H,1H3,(H2,21,22,23,24). The SMILES string of the molecule is COc1ccc(Cl)cc1Nc1ccnc(Nc2ccc(F)c(Cl)c2)n1. The van der Waals surface area contributed by atoms with Crippen LogP contribution in [0.5, 0.6) is 5.75 Å². The van der Waals surface area contributed by atoms with Crippen molar-refractivity contribution in [3.05, 3.63) is 64.5 Å². The van der Waals surface area contributed by atoms with Crippen molar-refractivity contribution in [2.45, 2.75) is 0 Å². The van der Waals surface area contributed by atoms with Gasteiger partial charge in [-0.25, -0.2) is 9.37 Å². The number of nitrogens with zero attached hydrogens (tertiary/aromatic N) is 2. The lowest BCUT2D eigenvalue weighted by atomic mass is 10.3. The minimum atomic E-state index is -0.489. The second-order valence-electron chi connectivity index (χ2n) is 4.99. The highest BCUT2D eigenvalue weighted by Gasteiger charge is 2.07. The lowest BCUT2D eigenvalue weighted by Crippen LogP contribution is -2.01. The Kier molecular flexibility index (Phi) is 5.21. The van der Waals surface area contributed by atoms with Gasteiger partial charge in [0.05, 0.1) is 17.8 Å². The highest BCUT2D eigenvalue weighted by molar-refractivity contribution is 6.31. The molecule has 0 unspecified atom stereocenters. The lowest BCUT2D eigenvalue weighted by molar-refractivity contribution is 0.417. The zero-order valence-corrected chi connectivity index (χ0v) is 14.6. The summed E-state index contributed by atoms with van der Waals surface area (Å²) in [6, 6.07) is 11.2. The van der Waals surface area contributed by atoms with E-state index in [0.717, 1.165) is 0 Å². The van der Waals surface area contributed by atoms with Crippen LogP contribution in [0.25, 0.3) is 0 Å². The minimum absolute atomic E-state index is 0.0166. The first kappa shape index (κ1) is 17.3. The number of rotatable bonds is 5. The first-order chi connectivity index (χ1) is 12.0. The second-order valence-corrected chi connectivity index (χ2v) is 5.83. The number of anilines is 4. The van der Waals surface area contributed by atoms with Crippen LogP contribution in [-0.4, -0.2) is 17.1 Å². The van der Waals surface area contributed by atoms with E-state index in [4.69, 9.17) is 27.9 Å². The number of aromatic nitrogens is 2. The Balaban J connectivity index is 1.82. The normalized spacial score (nSPS) is 10.4. The first-order valence-corrected chi connectivity index (χ1v) is 7.96. The number of halogens is 3. The third-order valence-corrected chi connectivity index (χ3v) is 3.78. The van der Waals surface area contributed by atoms with Crippen molar-refractivity contribution in [1.29, 1.82) is 0 Å². The summed E-state index contributed by atoms with van der Waals surface area (Å²) in [5, 5.41) is 6.67. The molecule has 0 saturated heterocycles. The van der Waals surface area contributed by atoms with Crippen LogP contribution in [0.2, 0.25) is 10.0 Å². The third kappa shape index (κ3) is 4.29. The second kappa shape index (κ2) is 7.55. The molecule has 2 aromatic carbocycles. The van der Waals surface area contributed by atoms with Gasteiger partial charge < -0.3 is 15.4 Å². The summed E-state index contributed by atoms with van der Waals surface area (Å²) in [6.45, 7) is 0. The van der Waals surface area contributed by atoms with Crippen LogP contribution in [0.3, 0.4) is 0 Å². The molecule has 0 amide bonds. The van der Waals surface area contributed by atoms with Gasteiger partial charge in [-0.2, -0.15) is 4.98 Å². The zero-order chi connectivity index (χ0) is 17.8. The van der Waals surface area contributed by atoms with Gasteiger partial charge in [-0.3, -0.25) is 0 Å². The third-order valence-electron chi connectivity index (χ3n) is 3.26. The Labute approximate surface area is 153 Å². The molecular weight excluding hydrogens is 366 g/mol. The maximum absolute atomic E-state index is 13.2. The van der Waals surface area contributed by atoms with Gasteiger partial charge in [0.25, 0.3) is 0 Å². The fourth-order valence-electron chi connectivity index (χ4n) is 2.11. The molecule has 1 heterocycles. The number of hydrogen-bond donors (Lipinski definition) is 2. The molecule has 1 aromatic heterocycles. The number of ether oxygens (including phenoxy) is 1. The van der Waals surface area contributed by atoms with Crippen LogP contribution in [0, 0.1) is 5.82 Å². The molecule has 0 bridgehead atoms. The van der Waals surface area contributed by atoms with Crippen LogP contribution in [0.1, 0.15) is 0 Å². The minimum Gasteiger partial charge on any atom is -0.495 e. The van der Waals surface area contributed by atoms with E-state index in [1.165, 1.54) is 12.1 Å². The number of methoxy groups -OCH3 is 1. The van der Waals surface area contributed by atoms with Crippen LogP contribution in [0.15, 0.2) is 48.7 Å². The Morgan fingerprint density at radius 2 is 1.88 bits per heavy atom. The van der Waals surface area contributed by atoms with Crippen molar-refractivity contribution in [1.82, 2.24) is 9.97 Å². The van der Waals surface area contributed by atoms with E-state index in [2.05, 4.69) is 20.6 Å². The van der Waals surface area contributed by atoms with Crippen LogP contribution < -0.4 is 15.4 Å². The summed E-state index contributed by atoms with van der Waals surface area (Å²) in [5.41, 5.74) is 1.24. The number of nitrogens with one attached hydrogen (secondary N) is 2. The van der Waals surface area contributed by atoms with Crippen molar-refractivity contribution >= 4 is 46.3 Å². The van der Waals surface area contributed by atoms with E-state index in [1.807, 2.05) is 0 Å². The predicted octanol–water partition coefficient (Wildman–Crippen LogP) is 5.42. The molecule has 0 aliphatic rings. The maximum atomic E-state index is 13.2. The highest BCUT2D eigenvalue weighted by atomic mass is 35.5. The van der Waals surface area contributed by atoms with E-state index < -0.39 is 5.82 Å². The fourth-order valence-corrected chi connectivity index (χ4v) is 2.46. The Bertz CT molecular complexity index is 908. The molecule has 2 N–H and O–H groups in total. The van der Waals surface area contributed by atoms with Gasteiger partial charge in [-0.1, -0.05) is 23.2 Å². The first-order valence-electron chi connectivity index (χ1n) is 7.21. The highest BCUT2D eigenvalue weighted by Crippen LogP contribution is 2.30. The van der Waals surface area contributed by atoms with E-state index in [9.17, 15) is 4.39 Å². The molecule has 0 aliphatic heterocycles. The van der Waals surface area contributed by atoms with Gasteiger partial charge in [-0.15, -0.1) is 0 Å². The smallest absolute Gasteiger partial charge is 0.229 e. The number of hydrogen-bond acceptors (Lipinski definition) is 5. The molecule has 5 nitrogen and oxygen atoms in total. The summed E-state index contributed by atoms with van der Waals surface area (Å²) in [7, 11) is 1.57. The monoisotopic (exact) mass is 378 g/mol. The predicted molar refractivity (Wildman–Crippen MR) is 98.0 cm³/mol. The molecule has 128 valence electrons. The van der Waals surface area contributed by atoms with Crippen LogP contribution in [-0.2, 0) is 0 Å². The van der Waals surface area contributed by atoms with E-state index >= 15 is 0 Å². The molecule has 0 fully saturated rings. The maximum Gasteiger partial charge on any atom is 0.229 e. The summed E-state index contributed by atoms with van der Waals surface area (Å²) in [5.74, 6) is 0.999. The zero-order valence-electron chi connectivity index (χ0n) is 13.1. The molecular formula is C17H13Cl2FN4O. The average molecular weight is 379 g/mol. The van der Waals surface area contributed by atoms with Gasteiger partial charge >= 0.3 is 0 Å². The van der Waals surface area contributed by atoms with Gasteiger partial charge in [0.2, 0.25) is 5.95 Å². The summed E-state index contributed by atoms with van der Waals surface area (Å²) in [6.07, 6.45) is 1.58. The van der Waals surface area contributed by atoms with Crippen molar-refractivity contribution in [3.63, 3.8) is 0 Å². The number of benzene rings is 2. The van der Waals surface area contributed by atoms with Crippen molar-refractivity contribution in [2.75, 3.05) is 17.7 Å². The van der Waals surface area contributed by atoms with Gasteiger partial charge in [0.1, 0.15) is 17.4 Å². The quantitative estimate of drug-likeness (QED) is 0.620. The van der Waals surface area contributed by atoms with Crippen LogP contribution >= 0.6 is 23.2 Å². The topological polar surface area (TPSA) is 59.1 Å². The Morgan fingerprint density at radius 1 is 1.04 bits per heavy atom. The molecule has 0 radical (unpaired) electrons. The molecule has 0 aliphatic carbocycles. The van der Waals surface area contributed by atoms with Crippen LogP contribution in [0.4, 0.5) is 27.5 Å². The Morgan fingerprint density at radius 3 is 2.64 bits per heavy atom. The summed E-state index contributed by atoms with van der Waals surface area (Å²) >= 11 is 11.8. The molecule has 8 heteroatoms. The summed E-state index contributed by atoms with van der Waals surface area (Å²) in [4.78, 5) is 8.48. The molecule has 0 atom stereocenters. The van der Waals surface area contributed by atoms with E-state index in [0.29, 0.717) is 33.9 Å². The molecule has 3 aromatic rings. The van der Waals surface area contributed by atoms with Crippen molar-refractivity contribution < 1.29 is 9.13 Å². The molecule has 25 heavy (non-hydrogen) atoms. The van der Waals surface area contributed by atoms with Gasteiger partial charge in [-0.05, 0) is 42.5 Å². The van der Waals surface area contributed by atoms with E-state index in [-0.39, 0.29) is 5.02 Å².